The predicted molar refractivity (Wildman–Crippen MR) is 113 cm³/mol. The summed E-state index contributed by atoms with van der Waals surface area (Å²) in [6.07, 6.45) is -0.0848. The lowest BCUT2D eigenvalue weighted by Crippen LogP contribution is -2.43. The molecule has 0 fully saturated rings. The third kappa shape index (κ3) is 10.3. The van der Waals surface area contributed by atoms with Crippen LogP contribution in [0.1, 0.15) is 39.4 Å². The normalized spacial score (nSPS) is 12.8. The molecule has 1 amide bonds. The number of hydrogen-bond donors (Lipinski definition) is 3. The lowest BCUT2D eigenvalue weighted by molar-refractivity contribution is -0.121. The molecule has 0 spiro atoms. The molecular formula is C18H31IN4O2. The molecular weight excluding hydrogens is 431 g/mol. The van der Waals surface area contributed by atoms with E-state index in [0.717, 1.165) is 12.1 Å². The van der Waals surface area contributed by atoms with E-state index < -0.39 is 0 Å². The maximum absolute atomic E-state index is 11.9. The lowest BCUT2D eigenvalue weighted by atomic mass is 10.1. The molecule has 0 saturated carbocycles. The topological polar surface area (TPSA) is 74.8 Å². The van der Waals surface area contributed by atoms with Gasteiger partial charge in [0.25, 0.3) is 0 Å². The third-order valence-corrected chi connectivity index (χ3v) is 3.15. The maximum Gasteiger partial charge on any atom is 0.242 e. The highest BCUT2D eigenvalue weighted by atomic mass is 127. The van der Waals surface area contributed by atoms with Gasteiger partial charge in [0.1, 0.15) is 6.54 Å². The molecule has 1 aromatic rings. The summed E-state index contributed by atoms with van der Waals surface area (Å²) in [5, 5.41) is 9.25. The Morgan fingerprint density at radius 1 is 1.20 bits per heavy atom. The van der Waals surface area contributed by atoms with Crippen molar-refractivity contribution < 1.29 is 9.53 Å². The maximum atomic E-state index is 11.9. The fraction of sp³-hybridized carbons (Fsp3) is 0.556. The molecule has 0 saturated heterocycles. The van der Waals surface area contributed by atoms with Gasteiger partial charge in [-0.1, -0.05) is 30.3 Å². The minimum atomic E-state index is -0.257. The summed E-state index contributed by atoms with van der Waals surface area (Å²) in [5.41, 5.74) is 0.834. The van der Waals surface area contributed by atoms with E-state index in [9.17, 15) is 4.79 Å². The first-order valence-corrected chi connectivity index (χ1v) is 8.26. The van der Waals surface area contributed by atoms with E-state index in [1.807, 2.05) is 58.0 Å². The average Bonchev–Trinajstić information content (AvgIpc) is 2.52. The van der Waals surface area contributed by atoms with E-state index in [2.05, 4.69) is 20.9 Å². The minimum Gasteiger partial charge on any atom is -0.375 e. The van der Waals surface area contributed by atoms with Crippen molar-refractivity contribution in [2.75, 3.05) is 26.7 Å². The van der Waals surface area contributed by atoms with E-state index in [-0.39, 0.29) is 48.1 Å². The van der Waals surface area contributed by atoms with Crippen molar-refractivity contribution in [2.45, 2.75) is 39.3 Å². The van der Waals surface area contributed by atoms with Gasteiger partial charge >= 0.3 is 0 Å². The number of carbonyl (C=O) groups is 1. The van der Waals surface area contributed by atoms with Crippen LogP contribution in [-0.4, -0.2) is 44.1 Å². The van der Waals surface area contributed by atoms with E-state index in [4.69, 9.17) is 4.74 Å². The van der Waals surface area contributed by atoms with Crippen molar-refractivity contribution in [1.82, 2.24) is 16.0 Å². The molecule has 0 aliphatic heterocycles. The molecule has 1 aromatic carbocycles. The van der Waals surface area contributed by atoms with E-state index in [1.165, 1.54) is 0 Å². The molecule has 25 heavy (non-hydrogen) atoms. The number of carbonyl (C=O) groups excluding carboxylic acids is 1. The van der Waals surface area contributed by atoms with Gasteiger partial charge in [0.15, 0.2) is 5.96 Å². The Balaban J connectivity index is 0.00000576. The summed E-state index contributed by atoms with van der Waals surface area (Å²) in [5.74, 6) is 0.491. The number of hydrogen-bond acceptors (Lipinski definition) is 3. The Hall–Kier alpha value is -1.35. The van der Waals surface area contributed by atoms with Crippen molar-refractivity contribution in [1.29, 1.82) is 0 Å². The highest BCUT2D eigenvalue weighted by molar-refractivity contribution is 14.0. The largest absolute Gasteiger partial charge is 0.375 e. The van der Waals surface area contributed by atoms with Crippen LogP contribution in [0.5, 0.6) is 0 Å². The number of methoxy groups -OCH3 is 1. The van der Waals surface area contributed by atoms with Gasteiger partial charge in [0, 0.05) is 25.7 Å². The van der Waals surface area contributed by atoms with E-state index in [0.29, 0.717) is 12.5 Å². The lowest BCUT2D eigenvalue weighted by Gasteiger charge is -2.20. The zero-order valence-electron chi connectivity index (χ0n) is 15.8. The van der Waals surface area contributed by atoms with Crippen LogP contribution in [0.25, 0.3) is 0 Å². The van der Waals surface area contributed by atoms with Crippen molar-refractivity contribution in [2.24, 2.45) is 4.99 Å². The molecule has 0 aromatic heterocycles. The summed E-state index contributed by atoms with van der Waals surface area (Å²) in [4.78, 5) is 16.2. The van der Waals surface area contributed by atoms with Crippen LogP contribution in [-0.2, 0) is 9.53 Å². The summed E-state index contributed by atoms with van der Waals surface area (Å²) in [7, 11) is 1.68. The van der Waals surface area contributed by atoms with Crippen LogP contribution in [0, 0.1) is 0 Å². The highest BCUT2D eigenvalue weighted by Crippen LogP contribution is 2.14. The van der Waals surface area contributed by atoms with Crippen LogP contribution in [0.3, 0.4) is 0 Å². The molecule has 0 aliphatic carbocycles. The molecule has 0 radical (unpaired) electrons. The fourth-order valence-electron chi connectivity index (χ4n) is 2.14. The summed E-state index contributed by atoms with van der Waals surface area (Å²) < 4.78 is 5.53. The quantitative estimate of drug-likeness (QED) is 0.331. The van der Waals surface area contributed by atoms with Crippen molar-refractivity contribution in [3.8, 4) is 0 Å². The highest BCUT2D eigenvalue weighted by Gasteiger charge is 2.14. The predicted octanol–water partition coefficient (Wildman–Crippen LogP) is 2.46. The Labute approximate surface area is 168 Å². The number of rotatable bonds is 7. The van der Waals surface area contributed by atoms with E-state index in [1.54, 1.807) is 7.11 Å². The summed E-state index contributed by atoms with van der Waals surface area (Å²) in [6.45, 7) is 9.18. The molecule has 0 bridgehead atoms. The molecule has 0 aliphatic rings. The second-order valence-corrected chi connectivity index (χ2v) is 6.51. The average molecular weight is 462 g/mol. The SMILES string of the molecule is CCNC(=NCC(=O)NC(C)(C)C)NCC(OC)c1ccccc1.I. The molecule has 1 atom stereocenters. The van der Waals surface area contributed by atoms with Gasteiger partial charge in [-0.25, -0.2) is 4.99 Å². The molecule has 6 nitrogen and oxygen atoms in total. The Morgan fingerprint density at radius 3 is 2.36 bits per heavy atom. The zero-order valence-corrected chi connectivity index (χ0v) is 18.1. The number of guanidine groups is 1. The number of nitrogens with one attached hydrogen (secondary N) is 3. The number of aliphatic imine (C=N–C) groups is 1. The fourth-order valence-corrected chi connectivity index (χ4v) is 2.14. The van der Waals surface area contributed by atoms with Gasteiger partial charge < -0.3 is 20.7 Å². The second-order valence-electron chi connectivity index (χ2n) is 6.51. The number of halogens is 1. The van der Waals surface area contributed by atoms with Crippen LogP contribution in [0.2, 0.25) is 0 Å². The second kappa shape index (κ2) is 12.1. The summed E-state index contributed by atoms with van der Waals surface area (Å²) in [6, 6.07) is 9.99. The van der Waals surface area contributed by atoms with Crippen LogP contribution < -0.4 is 16.0 Å². The molecule has 0 heterocycles. The molecule has 1 rings (SSSR count). The van der Waals surface area contributed by atoms with Crippen LogP contribution in [0.4, 0.5) is 0 Å². The first kappa shape index (κ1) is 23.6. The monoisotopic (exact) mass is 462 g/mol. The number of ether oxygens (including phenoxy) is 1. The number of amides is 1. The molecule has 7 heteroatoms. The van der Waals surface area contributed by atoms with Gasteiger partial charge in [-0.05, 0) is 33.3 Å². The van der Waals surface area contributed by atoms with Gasteiger partial charge in [-0.3, -0.25) is 4.79 Å². The standard InChI is InChI=1S/C18H30N4O2.HI/c1-6-19-17(21-13-16(23)22-18(2,3)4)20-12-15(24-5)14-10-8-7-9-11-14;/h7-11,15H,6,12-13H2,1-5H3,(H,22,23)(H2,19,20,21);1H. The molecule has 3 N–H and O–H groups in total. The Morgan fingerprint density at radius 2 is 1.84 bits per heavy atom. The van der Waals surface area contributed by atoms with Crippen molar-refractivity contribution in [3.63, 3.8) is 0 Å². The van der Waals surface area contributed by atoms with Gasteiger partial charge in [-0.2, -0.15) is 0 Å². The minimum absolute atomic E-state index is 0. The first-order chi connectivity index (χ1) is 11.4. The van der Waals surface area contributed by atoms with Gasteiger partial charge in [0.2, 0.25) is 5.91 Å². The first-order valence-electron chi connectivity index (χ1n) is 8.26. The van der Waals surface area contributed by atoms with Crippen LogP contribution in [0.15, 0.2) is 35.3 Å². The summed E-state index contributed by atoms with van der Waals surface area (Å²) >= 11 is 0. The van der Waals surface area contributed by atoms with Gasteiger partial charge in [-0.15, -0.1) is 24.0 Å². The zero-order chi connectivity index (χ0) is 18.0. The van der Waals surface area contributed by atoms with Crippen molar-refractivity contribution >= 4 is 35.8 Å². The van der Waals surface area contributed by atoms with Crippen molar-refractivity contribution in [3.05, 3.63) is 35.9 Å². The molecule has 1 unspecified atom stereocenters. The van der Waals surface area contributed by atoms with E-state index >= 15 is 0 Å². The molecule has 142 valence electrons. The number of nitrogens with zero attached hydrogens (tertiary/aromatic N) is 1. The van der Waals surface area contributed by atoms with Gasteiger partial charge in [0.05, 0.1) is 6.10 Å². The Bertz CT molecular complexity index is 530. The Kier molecular flexibility index (Phi) is 11.4. The van der Waals surface area contributed by atoms with Crippen LogP contribution >= 0.6 is 24.0 Å². The number of benzene rings is 1. The third-order valence-electron chi connectivity index (χ3n) is 3.15. The smallest absolute Gasteiger partial charge is 0.242 e.